The molecular formula is C48H48N10O8. The van der Waals surface area contributed by atoms with Crippen molar-refractivity contribution in [3.63, 3.8) is 0 Å². The molecule has 0 unspecified atom stereocenters. The highest BCUT2D eigenvalue weighted by Crippen LogP contribution is 2.40. The fourth-order valence-corrected chi connectivity index (χ4v) is 8.24. The van der Waals surface area contributed by atoms with Gasteiger partial charge in [-0.1, -0.05) is 0 Å². The molecule has 6 aromatic rings. The van der Waals surface area contributed by atoms with Crippen LogP contribution in [0.25, 0.3) is 40.2 Å². The molecule has 10 rings (SSSR count). The quantitative estimate of drug-likeness (QED) is 0.118. The maximum absolute atomic E-state index is 13.4. The standard InChI is InChI=1S/C24H25N5O4.C24H23N5O4/c2*1-2-33-20(30)9-6-18-12-29(19-7-4-17(5-8-19)21-25-10-3-11-26-21)23(31)22(27-18)28-13-24(14-28)15-32-16-24/h3-5,7-8,10-12H,2,6,9,13-16H2,1H3;3-12H,2,13-16H2,1H3/b;9-6+. The Hall–Kier alpha value is -7.44. The summed E-state index contributed by atoms with van der Waals surface area (Å²) in [5.74, 6) is 1.26. The van der Waals surface area contributed by atoms with E-state index in [9.17, 15) is 19.2 Å². The Labute approximate surface area is 379 Å². The van der Waals surface area contributed by atoms with Crippen LogP contribution in [0.1, 0.15) is 31.7 Å². The monoisotopic (exact) mass is 892 g/mol. The maximum Gasteiger partial charge on any atom is 0.330 e. The van der Waals surface area contributed by atoms with E-state index in [2.05, 4.69) is 29.9 Å². The van der Waals surface area contributed by atoms with Crippen molar-refractivity contribution in [3.05, 3.63) is 136 Å². The van der Waals surface area contributed by atoms with Crippen LogP contribution >= 0.6 is 0 Å². The van der Waals surface area contributed by atoms with E-state index in [0.29, 0.717) is 72.3 Å². The molecule has 2 spiro atoms. The molecule has 0 N–H and O–H groups in total. The third kappa shape index (κ3) is 9.36. The number of rotatable bonds is 13. The van der Waals surface area contributed by atoms with Crippen LogP contribution in [0.2, 0.25) is 0 Å². The number of anilines is 2. The Morgan fingerprint density at radius 2 is 1.12 bits per heavy atom. The third-order valence-corrected chi connectivity index (χ3v) is 11.7. The molecule has 0 atom stereocenters. The molecular weight excluding hydrogens is 845 g/mol. The second kappa shape index (κ2) is 19.0. The van der Waals surface area contributed by atoms with Crippen molar-refractivity contribution in [2.45, 2.75) is 26.7 Å². The zero-order valence-electron chi connectivity index (χ0n) is 36.6. The molecule has 0 bridgehead atoms. The second-order valence-electron chi connectivity index (χ2n) is 16.7. The van der Waals surface area contributed by atoms with Crippen LogP contribution in [0.4, 0.5) is 11.6 Å². The Balaban J connectivity index is 0.000000166. The van der Waals surface area contributed by atoms with Gasteiger partial charge in [-0.3, -0.25) is 23.5 Å². The molecule has 18 heteroatoms. The summed E-state index contributed by atoms with van der Waals surface area (Å²) in [5, 5.41) is 0. The van der Waals surface area contributed by atoms with Crippen molar-refractivity contribution in [1.82, 2.24) is 39.0 Å². The van der Waals surface area contributed by atoms with Gasteiger partial charge in [-0.2, -0.15) is 0 Å². The molecule has 338 valence electrons. The van der Waals surface area contributed by atoms with Gasteiger partial charge >= 0.3 is 11.9 Å². The highest BCUT2D eigenvalue weighted by molar-refractivity contribution is 5.86. The molecule has 4 saturated heterocycles. The van der Waals surface area contributed by atoms with Crippen LogP contribution < -0.4 is 20.9 Å². The minimum Gasteiger partial charge on any atom is -0.466 e. The molecule has 0 saturated carbocycles. The summed E-state index contributed by atoms with van der Waals surface area (Å²) in [6.07, 6.45) is 13.6. The molecule has 8 heterocycles. The van der Waals surface area contributed by atoms with Crippen LogP contribution in [0.5, 0.6) is 0 Å². The molecule has 0 radical (unpaired) electrons. The molecule has 4 aliphatic heterocycles. The molecule has 18 nitrogen and oxygen atoms in total. The summed E-state index contributed by atoms with van der Waals surface area (Å²) in [6, 6.07) is 18.5. The summed E-state index contributed by atoms with van der Waals surface area (Å²) in [7, 11) is 0. The van der Waals surface area contributed by atoms with E-state index in [1.165, 1.54) is 6.08 Å². The fourth-order valence-electron chi connectivity index (χ4n) is 8.24. The highest BCUT2D eigenvalue weighted by atomic mass is 16.5. The first-order valence-electron chi connectivity index (χ1n) is 21.8. The van der Waals surface area contributed by atoms with E-state index in [0.717, 1.165) is 50.5 Å². The van der Waals surface area contributed by atoms with Crippen LogP contribution in [0.3, 0.4) is 0 Å². The SMILES string of the molecule is CCOC(=O)/C=C/c1cn(-c2ccc(-c3ncccn3)cc2)c(=O)c(N2CC3(COC3)C2)n1.CCOC(=O)CCc1cn(-c2ccc(-c3ncccn3)cc2)c(=O)c(N2CC3(COC3)C2)n1. The second-order valence-corrected chi connectivity index (χ2v) is 16.7. The minimum atomic E-state index is -0.458. The lowest BCUT2D eigenvalue weighted by atomic mass is 9.78. The Morgan fingerprint density at radius 3 is 1.58 bits per heavy atom. The predicted molar refractivity (Wildman–Crippen MR) is 243 cm³/mol. The van der Waals surface area contributed by atoms with Gasteiger partial charge in [0, 0.05) is 98.4 Å². The van der Waals surface area contributed by atoms with Crippen molar-refractivity contribution >= 4 is 29.7 Å². The lowest BCUT2D eigenvalue weighted by Gasteiger charge is -2.55. The summed E-state index contributed by atoms with van der Waals surface area (Å²) in [5.41, 5.74) is 4.12. The number of aryl methyl sites for hydroxylation is 1. The summed E-state index contributed by atoms with van der Waals surface area (Å²) in [6.45, 7) is 9.98. The van der Waals surface area contributed by atoms with E-state index in [4.69, 9.17) is 18.9 Å². The van der Waals surface area contributed by atoms with Gasteiger partial charge in [0.15, 0.2) is 23.3 Å². The number of hydrogen-bond donors (Lipinski definition) is 0. The summed E-state index contributed by atoms with van der Waals surface area (Å²) < 4.78 is 23.8. The molecule has 4 aromatic heterocycles. The summed E-state index contributed by atoms with van der Waals surface area (Å²) in [4.78, 5) is 80.6. The van der Waals surface area contributed by atoms with Crippen molar-refractivity contribution < 1.29 is 28.5 Å². The average Bonchev–Trinajstić information content (AvgIpc) is 3.28. The Kier molecular flexibility index (Phi) is 12.6. The number of benzene rings is 2. The van der Waals surface area contributed by atoms with Crippen molar-refractivity contribution in [1.29, 1.82) is 0 Å². The number of carbonyl (C=O) groups excluding carboxylic acids is 2. The van der Waals surface area contributed by atoms with Crippen LogP contribution in [-0.2, 0) is 35.0 Å². The molecule has 4 fully saturated rings. The van der Waals surface area contributed by atoms with Crippen LogP contribution in [0.15, 0.2) is 114 Å². The highest BCUT2D eigenvalue weighted by Gasteiger charge is 2.51. The number of esters is 2. The first kappa shape index (κ1) is 43.8. The maximum atomic E-state index is 13.4. The van der Waals surface area contributed by atoms with Gasteiger partial charge in [0.25, 0.3) is 11.1 Å². The van der Waals surface area contributed by atoms with Crippen molar-refractivity contribution in [2.75, 3.05) is 75.6 Å². The van der Waals surface area contributed by atoms with Gasteiger partial charge in [0.2, 0.25) is 0 Å². The molecule has 2 aromatic carbocycles. The van der Waals surface area contributed by atoms with Crippen molar-refractivity contribution in [2.24, 2.45) is 10.8 Å². The molecule has 4 aliphatic rings. The van der Waals surface area contributed by atoms with Gasteiger partial charge in [-0.05, 0) is 80.6 Å². The van der Waals surface area contributed by atoms with Gasteiger partial charge in [0.1, 0.15) is 0 Å². The first-order chi connectivity index (χ1) is 32.1. The van der Waals surface area contributed by atoms with Gasteiger partial charge in [-0.15, -0.1) is 0 Å². The van der Waals surface area contributed by atoms with Crippen molar-refractivity contribution in [3.8, 4) is 34.2 Å². The predicted octanol–water partition coefficient (Wildman–Crippen LogP) is 4.12. The Bertz CT molecular complexity index is 2830. The minimum absolute atomic E-state index is 0.132. The zero-order chi connectivity index (χ0) is 45.7. The third-order valence-electron chi connectivity index (χ3n) is 11.7. The number of aromatic nitrogens is 8. The number of hydrogen-bond acceptors (Lipinski definition) is 16. The molecule has 0 amide bonds. The van der Waals surface area contributed by atoms with E-state index < -0.39 is 5.97 Å². The number of nitrogens with zero attached hydrogens (tertiary/aromatic N) is 10. The lowest BCUT2D eigenvalue weighted by Crippen LogP contribution is -2.67. The smallest absolute Gasteiger partial charge is 0.330 e. The molecule has 66 heavy (non-hydrogen) atoms. The summed E-state index contributed by atoms with van der Waals surface area (Å²) >= 11 is 0. The van der Waals surface area contributed by atoms with E-state index in [1.807, 2.05) is 58.3 Å². The topological polar surface area (TPSA) is 199 Å². The average molecular weight is 893 g/mol. The normalized spacial score (nSPS) is 16.3. The van der Waals surface area contributed by atoms with E-state index in [1.54, 1.807) is 78.4 Å². The number of carbonyl (C=O) groups is 2. The van der Waals surface area contributed by atoms with E-state index >= 15 is 0 Å². The fraction of sp³-hybridized carbons (Fsp3) is 0.333. The molecule has 0 aliphatic carbocycles. The van der Waals surface area contributed by atoms with E-state index in [-0.39, 0.29) is 40.9 Å². The Morgan fingerprint density at radius 1 is 0.652 bits per heavy atom. The number of ether oxygens (including phenoxy) is 4. The van der Waals surface area contributed by atoms with Crippen LogP contribution in [-0.4, -0.2) is 117 Å². The van der Waals surface area contributed by atoms with Gasteiger partial charge in [0.05, 0.1) is 68.3 Å². The van der Waals surface area contributed by atoms with Gasteiger partial charge < -0.3 is 28.7 Å². The van der Waals surface area contributed by atoms with Gasteiger partial charge in [-0.25, -0.2) is 34.7 Å². The largest absolute Gasteiger partial charge is 0.466 e. The zero-order valence-corrected chi connectivity index (χ0v) is 36.6. The first-order valence-corrected chi connectivity index (χ1v) is 21.8. The lowest BCUT2D eigenvalue weighted by molar-refractivity contribution is -0.143. The van der Waals surface area contributed by atoms with Crippen LogP contribution in [0, 0.1) is 10.8 Å².